The van der Waals surface area contributed by atoms with Gasteiger partial charge in [0.25, 0.3) is 0 Å². The Kier molecular flexibility index (Phi) is 3.79. The van der Waals surface area contributed by atoms with Gasteiger partial charge in [-0.1, -0.05) is 18.2 Å². The van der Waals surface area contributed by atoms with Crippen LogP contribution in [0.3, 0.4) is 0 Å². The number of hydrogen-bond acceptors (Lipinski definition) is 3. The quantitative estimate of drug-likeness (QED) is 0.892. The van der Waals surface area contributed by atoms with Crippen molar-refractivity contribution in [2.24, 2.45) is 0 Å². The molecule has 5 heteroatoms. The van der Waals surface area contributed by atoms with Crippen LogP contribution in [0.4, 0.5) is 4.39 Å². The summed E-state index contributed by atoms with van der Waals surface area (Å²) in [6.07, 6.45) is 1.53. The first-order chi connectivity index (χ1) is 8.07. The number of halogens is 1. The molecule has 1 fully saturated rings. The van der Waals surface area contributed by atoms with Crippen molar-refractivity contribution in [1.82, 2.24) is 5.32 Å². The van der Waals surface area contributed by atoms with E-state index in [1.807, 2.05) is 0 Å². The van der Waals surface area contributed by atoms with Crippen molar-refractivity contribution in [3.63, 3.8) is 0 Å². The van der Waals surface area contributed by atoms with Crippen molar-refractivity contribution >= 4 is 9.84 Å². The van der Waals surface area contributed by atoms with Crippen molar-refractivity contribution in [2.75, 3.05) is 11.5 Å². The zero-order valence-corrected chi connectivity index (χ0v) is 10.3. The third-order valence-electron chi connectivity index (χ3n) is 3.00. The summed E-state index contributed by atoms with van der Waals surface area (Å²) in [6, 6.07) is 6.49. The first-order valence-corrected chi connectivity index (χ1v) is 7.56. The minimum absolute atomic E-state index is 0.0478. The summed E-state index contributed by atoms with van der Waals surface area (Å²) >= 11 is 0. The fourth-order valence-corrected chi connectivity index (χ4v) is 3.75. The molecule has 1 aliphatic heterocycles. The number of benzene rings is 1. The summed E-state index contributed by atoms with van der Waals surface area (Å²) in [5.41, 5.74) is 0.579. The highest BCUT2D eigenvalue weighted by atomic mass is 32.2. The first kappa shape index (κ1) is 12.5. The van der Waals surface area contributed by atoms with Crippen LogP contribution in [-0.4, -0.2) is 26.0 Å². The minimum Gasteiger partial charge on any atom is -0.309 e. The van der Waals surface area contributed by atoms with Crippen molar-refractivity contribution < 1.29 is 12.8 Å². The van der Waals surface area contributed by atoms with Crippen LogP contribution in [0, 0.1) is 5.82 Å². The van der Waals surface area contributed by atoms with Gasteiger partial charge in [-0.25, -0.2) is 12.8 Å². The van der Waals surface area contributed by atoms with Crippen LogP contribution in [0.1, 0.15) is 18.4 Å². The van der Waals surface area contributed by atoms with Crippen LogP contribution in [0.15, 0.2) is 24.3 Å². The standard InChI is InChI=1S/C12H16FNO2S/c13-12-6-2-1-4-10(12)8-14-11-5-3-7-17(15,16)9-11/h1-2,4,6,11,14H,3,5,7-9H2. The molecule has 94 valence electrons. The van der Waals surface area contributed by atoms with Gasteiger partial charge in [-0.3, -0.25) is 0 Å². The molecule has 0 aliphatic carbocycles. The normalized spacial score (nSPS) is 23.5. The van der Waals surface area contributed by atoms with Crippen LogP contribution in [0.25, 0.3) is 0 Å². The maximum Gasteiger partial charge on any atom is 0.151 e. The molecular formula is C12H16FNO2S. The molecule has 2 rings (SSSR count). The molecule has 1 heterocycles. The molecule has 3 nitrogen and oxygen atoms in total. The minimum atomic E-state index is -2.90. The Morgan fingerprint density at radius 2 is 2.12 bits per heavy atom. The summed E-state index contributed by atoms with van der Waals surface area (Å²) < 4.78 is 36.2. The Balaban J connectivity index is 1.93. The van der Waals surface area contributed by atoms with Crippen molar-refractivity contribution in [3.8, 4) is 0 Å². The van der Waals surface area contributed by atoms with Gasteiger partial charge in [-0.15, -0.1) is 0 Å². The average Bonchev–Trinajstić information content (AvgIpc) is 2.27. The highest BCUT2D eigenvalue weighted by Crippen LogP contribution is 2.13. The van der Waals surface area contributed by atoms with Gasteiger partial charge in [0, 0.05) is 18.2 Å². The third-order valence-corrected chi connectivity index (χ3v) is 4.82. The molecule has 0 spiro atoms. The molecule has 0 radical (unpaired) electrons. The summed E-state index contributed by atoms with van der Waals surface area (Å²) in [4.78, 5) is 0. The fourth-order valence-electron chi connectivity index (χ4n) is 2.08. The number of rotatable bonds is 3. The zero-order chi connectivity index (χ0) is 12.3. The van der Waals surface area contributed by atoms with Crippen LogP contribution >= 0.6 is 0 Å². The third kappa shape index (κ3) is 3.51. The van der Waals surface area contributed by atoms with Gasteiger partial charge in [0.1, 0.15) is 5.82 Å². The van der Waals surface area contributed by atoms with E-state index in [4.69, 9.17) is 0 Å². The van der Waals surface area contributed by atoms with E-state index in [2.05, 4.69) is 5.32 Å². The summed E-state index contributed by atoms with van der Waals surface area (Å²) in [5, 5.41) is 3.12. The molecule has 1 unspecified atom stereocenters. The van der Waals surface area contributed by atoms with Crippen LogP contribution in [0.5, 0.6) is 0 Å². The second-order valence-electron chi connectivity index (χ2n) is 4.43. The van der Waals surface area contributed by atoms with E-state index in [0.717, 1.165) is 6.42 Å². The lowest BCUT2D eigenvalue weighted by atomic mass is 10.1. The maximum atomic E-state index is 13.3. The summed E-state index contributed by atoms with van der Waals surface area (Å²) in [6.45, 7) is 0.382. The van der Waals surface area contributed by atoms with E-state index in [0.29, 0.717) is 18.5 Å². The lowest BCUT2D eigenvalue weighted by Crippen LogP contribution is -2.39. The van der Waals surface area contributed by atoms with Crippen LogP contribution in [0.2, 0.25) is 0 Å². The molecule has 1 aromatic rings. The molecule has 1 aliphatic rings. The van der Waals surface area contributed by atoms with E-state index in [9.17, 15) is 12.8 Å². The summed E-state index contributed by atoms with van der Waals surface area (Å²) in [7, 11) is -2.90. The lowest BCUT2D eigenvalue weighted by molar-refractivity contribution is 0.473. The predicted octanol–water partition coefficient (Wildman–Crippen LogP) is 1.49. The van der Waals surface area contributed by atoms with Gasteiger partial charge in [0.15, 0.2) is 9.84 Å². The molecule has 1 N–H and O–H groups in total. The molecule has 1 aromatic carbocycles. The first-order valence-electron chi connectivity index (χ1n) is 5.74. The highest BCUT2D eigenvalue weighted by Gasteiger charge is 2.24. The van der Waals surface area contributed by atoms with Gasteiger partial charge in [0.05, 0.1) is 11.5 Å². The van der Waals surface area contributed by atoms with E-state index < -0.39 is 9.84 Å². The Morgan fingerprint density at radius 3 is 2.82 bits per heavy atom. The fraction of sp³-hybridized carbons (Fsp3) is 0.500. The van der Waals surface area contributed by atoms with E-state index >= 15 is 0 Å². The second-order valence-corrected chi connectivity index (χ2v) is 6.65. The Bertz CT molecular complexity index is 487. The predicted molar refractivity (Wildman–Crippen MR) is 64.9 cm³/mol. The topological polar surface area (TPSA) is 46.2 Å². The van der Waals surface area contributed by atoms with Crippen LogP contribution < -0.4 is 5.32 Å². The van der Waals surface area contributed by atoms with Gasteiger partial charge in [0.2, 0.25) is 0 Å². The SMILES string of the molecule is O=S1(=O)CCCC(NCc2ccccc2F)C1. The molecule has 17 heavy (non-hydrogen) atoms. The summed E-state index contributed by atoms with van der Waals surface area (Å²) in [5.74, 6) is 0.199. The van der Waals surface area contributed by atoms with E-state index in [1.165, 1.54) is 6.07 Å². The second kappa shape index (κ2) is 5.14. The van der Waals surface area contributed by atoms with Crippen molar-refractivity contribution in [2.45, 2.75) is 25.4 Å². The van der Waals surface area contributed by atoms with Crippen molar-refractivity contribution in [1.29, 1.82) is 0 Å². The monoisotopic (exact) mass is 257 g/mol. The van der Waals surface area contributed by atoms with Gasteiger partial charge in [-0.2, -0.15) is 0 Å². The Labute approximate surface area is 101 Å². The zero-order valence-electron chi connectivity index (χ0n) is 9.52. The Morgan fingerprint density at radius 1 is 1.35 bits per heavy atom. The van der Waals surface area contributed by atoms with Gasteiger partial charge >= 0.3 is 0 Å². The lowest BCUT2D eigenvalue weighted by Gasteiger charge is -2.23. The number of hydrogen-bond donors (Lipinski definition) is 1. The van der Waals surface area contributed by atoms with Crippen LogP contribution in [-0.2, 0) is 16.4 Å². The molecule has 0 amide bonds. The Hall–Kier alpha value is -0.940. The molecule has 0 bridgehead atoms. The molecular weight excluding hydrogens is 241 g/mol. The van der Waals surface area contributed by atoms with Crippen molar-refractivity contribution in [3.05, 3.63) is 35.6 Å². The number of nitrogens with one attached hydrogen (secondary N) is 1. The maximum absolute atomic E-state index is 13.3. The highest BCUT2D eigenvalue weighted by molar-refractivity contribution is 7.91. The average molecular weight is 257 g/mol. The van der Waals surface area contributed by atoms with Gasteiger partial charge in [-0.05, 0) is 18.9 Å². The smallest absolute Gasteiger partial charge is 0.151 e. The molecule has 0 aromatic heterocycles. The van der Waals surface area contributed by atoms with E-state index in [1.54, 1.807) is 18.2 Å². The largest absolute Gasteiger partial charge is 0.309 e. The molecule has 1 atom stereocenters. The number of sulfone groups is 1. The molecule has 1 saturated heterocycles. The van der Waals surface area contributed by atoms with Gasteiger partial charge < -0.3 is 5.32 Å². The van der Waals surface area contributed by atoms with E-state index in [-0.39, 0.29) is 23.4 Å². The molecule has 0 saturated carbocycles.